The lowest BCUT2D eigenvalue weighted by Gasteiger charge is -2.21. The smallest absolute Gasteiger partial charge is 0.123 e. The summed E-state index contributed by atoms with van der Waals surface area (Å²) in [5.41, 5.74) is 7.88. The lowest BCUT2D eigenvalue weighted by atomic mass is 10.00. The standard InChI is InChI=1S/C14H18N4O/c1-10(12-3-5-19-8-12)18-9-16-7-13(18)11-2-4-17-14(15)6-11/h2,4,6-7,9-10,12H,3,5,8H2,1H3,(H2,15,17). The maximum absolute atomic E-state index is 5.75. The number of pyridine rings is 1. The van der Waals surface area contributed by atoms with Gasteiger partial charge in [-0.05, 0) is 25.5 Å². The molecule has 1 saturated heterocycles. The number of imidazole rings is 1. The van der Waals surface area contributed by atoms with E-state index in [1.165, 1.54) is 0 Å². The third kappa shape index (κ3) is 2.33. The second-order valence-electron chi connectivity index (χ2n) is 5.02. The van der Waals surface area contributed by atoms with Crippen molar-refractivity contribution in [2.24, 2.45) is 5.92 Å². The van der Waals surface area contributed by atoms with Crippen molar-refractivity contribution in [3.8, 4) is 11.3 Å². The lowest BCUT2D eigenvalue weighted by molar-refractivity contribution is 0.175. The van der Waals surface area contributed by atoms with Crippen molar-refractivity contribution in [2.45, 2.75) is 19.4 Å². The molecule has 0 saturated carbocycles. The summed E-state index contributed by atoms with van der Waals surface area (Å²) < 4.78 is 7.68. The summed E-state index contributed by atoms with van der Waals surface area (Å²) in [6, 6.07) is 4.21. The fraction of sp³-hybridized carbons (Fsp3) is 0.429. The number of ether oxygens (including phenoxy) is 1. The molecule has 2 atom stereocenters. The Morgan fingerprint density at radius 1 is 1.53 bits per heavy atom. The summed E-state index contributed by atoms with van der Waals surface area (Å²) in [5.74, 6) is 1.08. The van der Waals surface area contributed by atoms with Gasteiger partial charge in [-0.15, -0.1) is 0 Å². The second-order valence-corrected chi connectivity index (χ2v) is 5.02. The highest BCUT2D eigenvalue weighted by molar-refractivity contribution is 5.61. The Morgan fingerprint density at radius 3 is 3.16 bits per heavy atom. The highest BCUT2D eigenvalue weighted by atomic mass is 16.5. The van der Waals surface area contributed by atoms with E-state index in [-0.39, 0.29) is 0 Å². The van der Waals surface area contributed by atoms with E-state index >= 15 is 0 Å². The fourth-order valence-electron chi connectivity index (χ4n) is 2.62. The van der Waals surface area contributed by atoms with Gasteiger partial charge in [-0.25, -0.2) is 9.97 Å². The van der Waals surface area contributed by atoms with Gasteiger partial charge in [0.25, 0.3) is 0 Å². The molecule has 3 heterocycles. The number of anilines is 1. The Morgan fingerprint density at radius 2 is 2.42 bits per heavy atom. The van der Waals surface area contributed by atoms with Gasteiger partial charge in [0, 0.05) is 30.3 Å². The molecule has 0 spiro atoms. The molecule has 2 unspecified atom stereocenters. The molecule has 0 bridgehead atoms. The zero-order valence-corrected chi connectivity index (χ0v) is 11.0. The van der Waals surface area contributed by atoms with Crippen molar-refractivity contribution in [1.82, 2.24) is 14.5 Å². The predicted octanol–water partition coefficient (Wildman–Crippen LogP) is 2.12. The van der Waals surface area contributed by atoms with E-state index in [0.29, 0.717) is 17.8 Å². The monoisotopic (exact) mass is 258 g/mol. The average Bonchev–Trinajstić information content (AvgIpc) is 3.09. The molecular formula is C14H18N4O. The van der Waals surface area contributed by atoms with Crippen molar-refractivity contribution >= 4 is 5.82 Å². The first-order chi connectivity index (χ1) is 9.25. The Bertz CT molecular complexity index is 560. The molecule has 2 aromatic rings. The summed E-state index contributed by atoms with van der Waals surface area (Å²) in [4.78, 5) is 8.31. The molecule has 1 aliphatic heterocycles. The van der Waals surface area contributed by atoms with E-state index in [2.05, 4.69) is 21.5 Å². The van der Waals surface area contributed by atoms with Crippen molar-refractivity contribution in [3.63, 3.8) is 0 Å². The summed E-state index contributed by atoms with van der Waals surface area (Å²) in [6.07, 6.45) is 6.60. The van der Waals surface area contributed by atoms with Crippen molar-refractivity contribution in [3.05, 3.63) is 30.9 Å². The number of aromatic nitrogens is 3. The average molecular weight is 258 g/mol. The maximum Gasteiger partial charge on any atom is 0.123 e. The highest BCUT2D eigenvalue weighted by Crippen LogP contribution is 2.30. The van der Waals surface area contributed by atoms with Crippen LogP contribution in [0.15, 0.2) is 30.9 Å². The molecule has 1 aliphatic rings. The molecule has 2 N–H and O–H groups in total. The van der Waals surface area contributed by atoms with Crippen molar-refractivity contribution < 1.29 is 4.74 Å². The van der Waals surface area contributed by atoms with Crippen LogP contribution in [0.25, 0.3) is 11.3 Å². The molecule has 5 heteroatoms. The summed E-state index contributed by atoms with van der Waals surface area (Å²) in [6.45, 7) is 3.91. The first-order valence-corrected chi connectivity index (χ1v) is 6.57. The number of nitrogens with two attached hydrogens (primary N) is 1. The first kappa shape index (κ1) is 12.2. The molecule has 0 radical (unpaired) electrons. The number of nitrogens with zero attached hydrogens (tertiary/aromatic N) is 3. The SMILES string of the molecule is CC(C1CCOC1)n1cncc1-c1ccnc(N)c1. The molecular weight excluding hydrogens is 240 g/mol. The van der Waals surface area contributed by atoms with Gasteiger partial charge in [-0.1, -0.05) is 0 Å². The molecule has 1 fully saturated rings. The minimum atomic E-state index is 0.370. The quantitative estimate of drug-likeness (QED) is 0.915. The van der Waals surface area contributed by atoms with Gasteiger partial charge >= 0.3 is 0 Å². The number of hydrogen-bond donors (Lipinski definition) is 1. The number of nitrogen functional groups attached to an aromatic ring is 1. The minimum Gasteiger partial charge on any atom is -0.384 e. The van der Waals surface area contributed by atoms with Crippen molar-refractivity contribution in [2.75, 3.05) is 18.9 Å². The van der Waals surface area contributed by atoms with Crippen LogP contribution in [0.1, 0.15) is 19.4 Å². The molecule has 5 nitrogen and oxygen atoms in total. The van der Waals surface area contributed by atoms with Gasteiger partial charge in [0.05, 0.1) is 24.8 Å². The number of rotatable bonds is 3. The zero-order valence-electron chi connectivity index (χ0n) is 11.0. The second kappa shape index (κ2) is 5.01. The van der Waals surface area contributed by atoms with Crippen LogP contribution in [-0.4, -0.2) is 27.7 Å². The van der Waals surface area contributed by atoms with Crippen molar-refractivity contribution in [1.29, 1.82) is 0 Å². The largest absolute Gasteiger partial charge is 0.384 e. The third-order valence-corrected chi connectivity index (χ3v) is 3.83. The topological polar surface area (TPSA) is 66.0 Å². The van der Waals surface area contributed by atoms with E-state index in [9.17, 15) is 0 Å². The number of hydrogen-bond acceptors (Lipinski definition) is 4. The predicted molar refractivity (Wildman–Crippen MR) is 73.5 cm³/mol. The van der Waals surface area contributed by atoms with E-state index in [1.54, 1.807) is 6.20 Å². The normalized spacial score (nSPS) is 20.6. The van der Waals surface area contributed by atoms with Crippen LogP contribution in [0, 0.1) is 5.92 Å². The summed E-state index contributed by atoms with van der Waals surface area (Å²) in [5, 5.41) is 0. The van der Waals surface area contributed by atoms with Gasteiger partial charge in [0.2, 0.25) is 0 Å². The zero-order chi connectivity index (χ0) is 13.2. The van der Waals surface area contributed by atoms with E-state index in [1.807, 2.05) is 24.7 Å². The Kier molecular flexibility index (Phi) is 3.21. The Hall–Kier alpha value is -1.88. The molecule has 0 aliphatic carbocycles. The third-order valence-electron chi connectivity index (χ3n) is 3.83. The fourth-order valence-corrected chi connectivity index (χ4v) is 2.62. The highest BCUT2D eigenvalue weighted by Gasteiger charge is 2.25. The van der Waals surface area contributed by atoms with E-state index in [0.717, 1.165) is 30.9 Å². The molecule has 3 rings (SSSR count). The molecule has 0 amide bonds. The lowest BCUT2D eigenvalue weighted by Crippen LogP contribution is -2.17. The van der Waals surface area contributed by atoms with Crippen LogP contribution >= 0.6 is 0 Å². The molecule has 100 valence electrons. The van der Waals surface area contributed by atoms with Crippen LogP contribution < -0.4 is 5.73 Å². The minimum absolute atomic E-state index is 0.370. The Labute approximate surface area is 112 Å². The van der Waals surface area contributed by atoms with Crippen LogP contribution in [0.5, 0.6) is 0 Å². The van der Waals surface area contributed by atoms with Gasteiger partial charge in [-0.3, -0.25) is 0 Å². The maximum atomic E-state index is 5.75. The molecule has 0 aromatic carbocycles. The summed E-state index contributed by atoms with van der Waals surface area (Å²) in [7, 11) is 0. The van der Waals surface area contributed by atoms with Crippen LogP contribution in [0.4, 0.5) is 5.82 Å². The van der Waals surface area contributed by atoms with Crippen LogP contribution in [-0.2, 0) is 4.74 Å². The summed E-state index contributed by atoms with van der Waals surface area (Å²) >= 11 is 0. The van der Waals surface area contributed by atoms with E-state index < -0.39 is 0 Å². The van der Waals surface area contributed by atoms with Crippen LogP contribution in [0.3, 0.4) is 0 Å². The van der Waals surface area contributed by atoms with E-state index in [4.69, 9.17) is 10.5 Å². The Balaban J connectivity index is 1.93. The van der Waals surface area contributed by atoms with Crippen LogP contribution in [0.2, 0.25) is 0 Å². The van der Waals surface area contributed by atoms with Gasteiger partial charge in [-0.2, -0.15) is 0 Å². The van der Waals surface area contributed by atoms with Gasteiger partial charge in [0.15, 0.2) is 0 Å². The van der Waals surface area contributed by atoms with Gasteiger partial charge < -0.3 is 15.0 Å². The first-order valence-electron chi connectivity index (χ1n) is 6.57. The van der Waals surface area contributed by atoms with Gasteiger partial charge in [0.1, 0.15) is 5.82 Å². The molecule has 19 heavy (non-hydrogen) atoms. The molecule has 2 aromatic heterocycles.